The Kier molecular flexibility index (Phi) is 4.07. The van der Waals surface area contributed by atoms with Gasteiger partial charge in [0, 0.05) is 24.0 Å². The lowest BCUT2D eigenvalue weighted by molar-refractivity contribution is 0.340. The van der Waals surface area contributed by atoms with Crippen LogP contribution < -0.4 is 14.8 Å². The molecule has 0 aliphatic rings. The van der Waals surface area contributed by atoms with Gasteiger partial charge < -0.3 is 19.9 Å². The molecule has 0 bridgehead atoms. The number of aromatic hydroxyl groups is 1. The molecule has 2 rings (SSSR count). The van der Waals surface area contributed by atoms with E-state index in [1.807, 2.05) is 18.2 Å². The van der Waals surface area contributed by atoms with E-state index < -0.39 is 0 Å². The number of nitrogens with one attached hydrogen (secondary N) is 1. The SMILES string of the molecule is COc1cc(NCc2ccccn2)cc(OC)c1O. The number of rotatable bonds is 5. The van der Waals surface area contributed by atoms with Crippen molar-refractivity contribution in [1.82, 2.24) is 4.98 Å². The smallest absolute Gasteiger partial charge is 0.200 e. The Labute approximate surface area is 111 Å². The molecule has 5 heteroatoms. The molecule has 0 amide bonds. The quantitative estimate of drug-likeness (QED) is 0.808. The largest absolute Gasteiger partial charge is 0.502 e. The molecular formula is C14H16N2O3. The first-order valence-electron chi connectivity index (χ1n) is 5.83. The van der Waals surface area contributed by atoms with E-state index in [4.69, 9.17) is 9.47 Å². The third-order valence-electron chi connectivity index (χ3n) is 2.68. The molecule has 0 aliphatic carbocycles. The minimum Gasteiger partial charge on any atom is -0.502 e. The molecule has 0 radical (unpaired) electrons. The van der Waals surface area contributed by atoms with Crippen LogP contribution in [0.4, 0.5) is 5.69 Å². The predicted molar refractivity (Wildman–Crippen MR) is 72.8 cm³/mol. The first-order valence-corrected chi connectivity index (χ1v) is 5.83. The molecule has 2 aromatic rings. The summed E-state index contributed by atoms with van der Waals surface area (Å²) in [6.45, 7) is 0.581. The fourth-order valence-corrected chi connectivity index (χ4v) is 1.69. The van der Waals surface area contributed by atoms with Gasteiger partial charge in [0.1, 0.15) is 0 Å². The number of methoxy groups -OCH3 is 2. The van der Waals surface area contributed by atoms with E-state index in [0.717, 1.165) is 11.4 Å². The summed E-state index contributed by atoms with van der Waals surface area (Å²) in [6.07, 6.45) is 1.75. The van der Waals surface area contributed by atoms with E-state index in [9.17, 15) is 5.11 Å². The number of anilines is 1. The van der Waals surface area contributed by atoms with Crippen LogP contribution in [-0.2, 0) is 6.54 Å². The highest BCUT2D eigenvalue weighted by molar-refractivity contribution is 5.61. The number of phenols is 1. The van der Waals surface area contributed by atoms with Crippen molar-refractivity contribution in [3.8, 4) is 17.2 Å². The van der Waals surface area contributed by atoms with Gasteiger partial charge in [0.05, 0.1) is 26.5 Å². The first kappa shape index (κ1) is 13.0. The zero-order chi connectivity index (χ0) is 13.7. The van der Waals surface area contributed by atoms with Crippen LogP contribution in [0.5, 0.6) is 17.2 Å². The van der Waals surface area contributed by atoms with E-state index in [1.165, 1.54) is 14.2 Å². The first-order chi connectivity index (χ1) is 9.24. The topological polar surface area (TPSA) is 63.6 Å². The number of pyridine rings is 1. The van der Waals surface area contributed by atoms with Crippen molar-refractivity contribution in [2.45, 2.75) is 6.54 Å². The number of nitrogens with zero attached hydrogens (tertiary/aromatic N) is 1. The zero-order valence-electron chi connectivity index (χ0n) is 10.9. The van der Waals surface area contributed by atoms with Crippen molar-refractivity contribution < 1.29 is 14.6 Å². The van der Waals surface area contributed by atoms with Crippen LogP contribution in [0.25, 0.3) is 0 Å². The van der Waals surface area contributed by atoms with E-state index in [-0.39, 0.29) is 5.75 Å². The number of aromatic nitrogens is 1. The van der Waals surface area contributed by atoms with E-state index in [1.54, 1.807) is 18.3 Å². The lowest BCUT2D eigenvalue weighted by atomic mass is 10.2. The highest BCUT2D eigenvalue weighted by atomic mass is 16.5. The van der Waals surface area contributed by atoms with Crippen molar-refractivity contribution >= 4 is 5.69 Å². The minimum absolute atomic E-state index is 0.00612. The molecule has 0 spiro atoms. The van der Waals surface area contributed by atoms with Crippen LogP contribution in [0.3, 0.4) is 0 Å². The van der Waals surface area contributed by atoms with Crippen LogP contribution in [0.15, 0.2) is 36.5 Å². The van der Waals surface area contributed by atoms with Crippen molar-refractivity contribution in [2.24, 2.45) is 0 Å². The molecule has 0 fully saturated rings. The van der Waals surface area contributed by atoms with Gasteiger partial charge in [-0.05, 0) is 12.1 Å². The Morgan fingerprint density at radius 3 is 2.37 bits per heavy atom. The summed E-state index contributed by atoms with van der Waals surface area (Å²) in [6, 6.07) is 9.15. The summed E-state index contributed by atoms with van der Waals surface area (Å²) in [5.41, 5.74) is 1.71. The zero-order valence-corrected chi connectivity index (χ0v) is 10.9. The van der Waals surface area contributed by atoms with Crippen molar-refractivity contribution in [2.75, 3.05) is 19.5 Å². The Morgan fingerprint density at radius 2 is 1.84 bits per heavy atom. The highest BCUT2D eigenvalue weighted by Gasteiger charge is 2.10. The molecule has 100 valence electrons. The summed E-state index contributed by atoms with van der Waals surface area (Å²) >= 11 is 0. The van der Waals surface area contributed by atoms with Gasteiger partial charge in [-0.1, -0.05) is 6.07 Å². The van der Waals surface area contributed by atoms with Crippen LogP contribution in [0, 0.1) is 0 Å². The van der Waals surface area contributed by atoms with Crippen LogP contribution in [0.1, 0.15) is 5.69 Å². The summed E-state index contributed by atoms with van der Waals surface area (Å²) in [5.74, 6) is 0.721. The van der Waals surface area contributed by atoms with Gasteiger partial charge in [-0.25, -0.2) is 0 Å². The molecule has 5 nitrogen and oxygen atoms in total. The summed E-state index contributed by atoms with van der Waals surface area (Å²) in [5, 5.41) is 13.0. The molecule has 0 saturated carbocycles. The van der Waals surface area contributed by atoms with Gasteiger partial charge in [-0.15, -0.1) is 0 Å². The fourth-order valence-electron chi connectivity index (χ4n) is 1.69. The Bertz CT molecular complexity index is 519. The van der Waals surface area contributed by atoms with E-state index >= 15 is 0 Å². The van der Waals surface area contributed by atoms with Gasteiger partial charge in [-0.3, -0.25) is 4.98 Å². The second-order valence-electron chi connectivity index (χ2n) is 3.90. The minimum atomic E-state index is -0.00612. The standard InChI is InChI=1S/C14H16N2O3/c1-18-12-7-11(8-13(19-2)14(12)17)16-9-10-5-3-4-6-15-10/h3-8,16-17H,9H2,1-2H3. The third-order valence-corrected chi connectivity index (χ3v) is 2.68. The number of hydrogen-bond donors (Lipinski definition) is 2. The van der Waals surface area contributed by atoms with E-state index in [0.29, 0.717) is 18.0 Å². The molecule has 1 aromatic carbocycles. The van der Waals surface area contributed by atoms with Crippen molar-refractivity contribution in [1.29, 1.82) is 0 Å². The van der Waals surface area contributed by atoms with Crippen LogP contribution >= 0.6 is 0 Å². The summed E-state index contributed by atoms with van der Waals surface area (Å²) in [4.78, 5) is 4.22. The van der Waals surface area contributed by atoms with Gasteiger partial charge >= 0.3 is 0 Å². The van der Waals surface area contributed by atoms with Gasteiger partial charge in [0.25, 0.3) is 0 Å². The number of phenolic OH excluding ortho intramolecular Hbond substituents is 1. The summed E-state index contributed by atoms with van der Waals surface area (Å²) < 4.78 is 10.2. The molecule has 0 aliphatic heterocycles. The lowest BCUT2D eigenvalue weighted by Gasteiger charge is -2.12. The van der Waals surface area contributed by atoms with Gasteiger partial charge in [-0.2, -0.15) is 0 Å². The second kappa shape index (κ2) is 5.95. The number of ether oxygens (including phenoxy) is 2. The van der Waals surface area contributed by atoms with E-state index in [2.05, 4.69) is 10.3 Å². The van der Waals surface area contributed by atoms with Gasteiger partial charge in [0.2, 0.25) is 5.75 Å². The average molecular weight is 260 g/mol. The molecule has 0 atom stereocenters. The normalized spacial score (nSPS) is 10.0. The number of hydrogen-bond acceptors (Lipinski definition) is 5. The third kappa shape index (κ3) is 3.07. The van der Waals surface area contributed by atoms with Crippen molar-refractivity contribution in [3.63, 3.8) is 0 Å². The predicted octanol–water partition coefficient (Wildman–Crippen LogP) is 2.42. The maximum Gasteiger partial charge on any atom is 0.200 e. The highest BCUT2D eigenvalue weighted by Crippen LogP contribution is 2.38. The maximum atomic E-state index is 9.81. The average Bonchev–Trinajstić information content (AvgIpc) is 2.47. The molecule has 1 heterocycles. The van der Waals surface area contributed by atoms with Crippen LogP contribution in [0.2, 0.25) is 0 Å². The monoisotopic (exact) mass is 260 g/mol. The number of benzene rings is 1. The van der Waals surface area contributed by atoms with Crippen LogP contribution in [-0.4, -0.2) is 24.3 Å². The Balaban J connectivity index is 2.16. The molecule has 1 aromatic heterocycles. The van der Waals surface area contributed by atoms with Crippen molar-refractivity contribution in [3.05, 3.63) is 42.2 Å². The Hall–Kier alpha value is -2.43. The molecular weight excluding hydrogens is 244 g/mol. The molecule has 0 unspecified atom stereocenters. The second-order valence-corrected chi connectivity index (χ2v) is 3.90. The molecule has 2 N–H and O–H groups in total. The Morgan fingerprint density at radius 1 is 1.16 bits per heavy atom. The van der Waals surface area contributed by atoms with Gasteiger partial charge in [0.15, 0.2) is 11.5 Å². The fraction of sp³-hybridized carbons (Fsp3) is 0.214. The summed E-state index contributed by atoms with van der Waals surface area (Å²) in [7, 11) is 2.99. The molecule has 19 heavy (non-hydrogen) atoms. The molecule has 0 saturated heterocycles. The lowest BCUT2D eigenvalue weighted by Crippen LogP contribution is -2.02. The maximum absolute atomic E-state index is 9.81.